The summed E-state index contributed by atoms with van der Waals surface area (Å²) in [5.74, 6) is -0.169. The average molecular weight is 308 g/mol. The van der Waals surface area contributed by atoms with Crippen LogP contribution in [0.4, 0.5) is 0 Å². The minimum Gasteiger partial charge on any atom is -0.469 e. The molecule has 0 aliphatic heterocycles. The van der Waals surface area contributed by atoms with E-state index in [9.17, 15) is 4.79 Å². The molecule has 1 aromatic carbocycles. The zero-order valence-electron chi connectivity index (χ0n) is 14.2. The smallest absolute Gasteiger partial charge is 0.305 e. The second-order valence-corrected chi connectivity index (χ2v) is 11.8. The molecule has 0 atom stereocenters. The summed E-state index contributed by atoms with van der Waals surface area (Å²) in [6.45, 7) is 11.9. The van der Waals surface area contributed by atoms with Crippen LogP contribution in [0.5, 0.6) is 0 Å². The van der Waals surface area contributed by atoms with E-state index in [0.717, 1.165) is 5.56 Å². The maximum Gasteiger partial charge on any atom is 0.305 e. The fourth-order valence-corrected chi connectivity index (χ4v) is 2.66. The lowest BCUT2D eigenvalue weighted by molar-refractivity contribution is -0.140. The summed E-state index contributed by atoms with van der Waals surface area (Å²) in [7, 11) is -0.299. The van der Waals surface area contributed by atoms with Crippen LogP contribution in [0.15, 0.2) is 24.3 Å². The van der Waals surface area contributed by atoms with Crippen LogP contribution in [0.25, 0.3) is 0 Å². The van der Waals surface area contributed by atoms with Gasteiger partial charge >= 0.3 is 5.97 Å². The summed E-state index contributed by atoms with van der Waals surface area (Å²) in [6.07, 6.45) is 1.13. The van der Waals surface area contributed by atoms with Gasteiger partial charge in [0.2, 0.25) is 0 Å². The molecule has 0 fully saturated rings. The summed E-state index contributed by atoms with van der Waals surface area (Å²) in [6, 6.07) is 8.26. The molecule has 4 heteroatoms. The lowest BCUT2D eigenvalue weighted by Crippen LogP contribution is -2.40. The van der Waals surface area contributed by atoms with Gasteiger partial charge in [-0.05, 0) is 35.7 Å². The van der Waals surface area contributed by atoms with Crippen LogP contribution < -0.4 is 0 Å². The van der Waals surface area contributed by atoms with Crippen molar-refractivity contribution in [2.45, 2.75) is 58.4 Å². The fraction of sp³-hybridized carbons (Fsp3) is 0.588. The molecule has 0 spiro atoms. The van der Waals surface area contributed by atoms with Crippen molar-refractivity contribution in [2.75, 3.05) is 7.11 Å². The summed E-state index contributed by atoms with van der Waals surface area (Å²) in [5, 5.41) is 0.218. The molecule has 0 aromatic heterocycles. The Kier molecular flexibility index (Phi) is 6.17. The number of esters is 1. The number of rotatable bonds is 6. The van der Waals surface area contributed by atoms with Crippen molar-refractivity contribution < 1.29 is 14.0 Å². The molecular formula is C17H28O3Si. The number of hydrogen-bond donors (Lipinski definition) is 0. The molecule has 0 aliphatic rings. The van der Waals surface area contributed by atoms with Crippen LogP contribution in [-0.2, 0) is 27.0 Å². The SMILES string of the molecule is COC(=O)CCc1cccc(CO[Si](C)(C)C(C)(C)C)c1. The minimum atomic E-state index is -1.72. The number of carbonyl (C=O) groups excluding carboxylic acids is 1. The van der Waals surface area contributed by atoms with Gasteiger partial charge in [0.05, 0.1) is 13.7 Å². The molecule has 0 unspecified atom stereocenters. The van der Waals surface area contributed by atoms with E-state index in [1.165, 1.54) is 12.7 Å². The maximum atomic E-state index is 11.2. The molecular weight excluding hydrogens is 280 g/mol. The van der Waals surface area contributed by atoms with E-state index < -0.39 is 8.32 Å². The van der Waals surface area contributed by atoms with Gasteiger partial charge in [-0.2, -0.15) is 0 Å². The zero-order chi connectivity index (χ0) is 16.1. The van der Waals surface area contributed by atoms with Gasteiger partial charge in [0.1, 0.15) is 0 Å². The van der Waals surface area contributed by atoms with E-state index >= 15 is 0 Å². The quantitative estimate of drug-likeness (QED) is 0.580. The van der Waals surface area contributed by atoms with Crippen molar-refractivity contribution in [3.63, 3.8) is 0 Å². The summed E-state index contributed by atoms with van der Waals surface area (Å²) in [4.78, 5) is 11.2. The Morgan fingerprint density at radius 2 is 1.81 bits per heavy atom. The molecule has 1 aromatic rings. The molecule has 0 saturated carbocycles. The van der Waals surface area contributed by atoms with Gasteiger partial charge in [-0.15, -0.1) is 0 Å². The Bertz CT molecular complexity index is 475. The largest absolute Gasteiger partial charge is 0.469 e. The third-order valence-corrected chi connectivity index (χ3v) is 8.72. The van der Waals surface area contributed by atoms with Crippen LogP contribution in [0, 0.1) is 0 Å². The fourth-order valence-electron chi connectivity index (χ4n) is 1.70. The van der Waals surface area contributed by atoms with E-state index in [1.54, 1.807) is 0 Å². The third kappa shape index (κ3) is 5.63. The Morgan fingerprint density at radius 3 is 2.38 bits per heavy atom. The Hall–Kier alpha value is -1.13. The van der Waals surface area contributed by atoms with E-state index in [2.05, 4.69) is 50.7 Å². The second kappa shape index (κ2) is 7.23. The van der Waals surface area contributed by atoms with Crippen LogP contribution in [0.1, 0.15) is 38.3 Å². The van der Waals surface area contributed by atoms with Gasteiger partial charge in [-0.25, -0.2) is 0 Å². The average Bonchev–Trinajstić information content (AvgIpc) is 2.42. The highest BCUT2D eigenvalue weighted by molar-refractivity contribution is 6.74. The Balaban J connectivity index is 2.63. The number of aryl methyl sites for hydroxylation is 1. The molecule has 0 saturated heterocycles. The topological polar surface area (TPSA) is 35.5 Å². The minimum absolute atomic E-state index is 0.169. The van der Waals surface area contributed by atoms with E-state index in [1.807, 2.05) is 12.1 Å². The van der Waals surface area contributed by atoms with E-state index in [4.69, 9.17) is 4.43 Å². The zero-order valence-corrected chi connectivity index (χ0v) is 15.2. The van der Waals surface area contributed by atoms with Crippen LogP contribution in [0.2, 0.25) is 18.1 Å². The van der Waals surface area contributed by atoms with Crippen LogP contribution in [0.3, 0.4) is 0 Å². The standard InChI is InChI=1S/C17H28O3Si/c1-17(2,3)21(5,6)20-13-15-9-7-8-14(12-15)10-11-16(18)19-4/h7-9,12H,10-11,13H2,1-6H3. The number of carbonyl (C=O) groups is 1. The van der Waals surface area contributed by atoms with Gasteiger partial charge in [0, 0.05) is 6.42 Å². The molecule has 21 heavy (non-hydrogen) atoms. The number of hydrogen-bond acceptors (Lipinski definition) is 3. The van der Waals surface area contributed by atoms with Gasteiger partial charge in [-0.3, -0.25) is 4.79 Å². The highest BCUT2D eigenvalue weighted by atomic mass is 28.4. The van der Waals surface area contributed by atoms with E-state index in [-0.39, 0.29) is 11.0 Å². The first-order valence-corrected chi connectivity index (χ1v) is 10.3. The van der Waals surface area contributed by atoms with Gasteiger partial charge in [-0.1, -0.05) is 45.0 Å². The lowest BCUT2D eigenvalue weighted by Gasteiger charge is -2.36. The first-order chi connectivity index (χ1) is 9.65. The van der Waals surface area contributed by atoms with E-state index in [0.29, 0.717) is 19.4 Å². The van der Waals surface area contributed by atoms with Crippen LogP contribution in [-0.4, -0.2) is 21.4 Å². The summed E-state index contributed by atoms with van der Waals surface area (Å²) >= 11 is 0. The van der Waals surface area contributed by atoms with Crippen molar-refractivity contribution >= 4 is 14.3 Å². The molecule has 0 heterocycles. The van der Waals surface area contributed by atoms with Crippen molar-refractivity contribution in [1.29, 1.82) is 0 Å². The molecule has 0 amide bonds. The van der Waals surface area contributed by atoms with Crippen molar-refractivity contribution in [3.05, 3.63) is 35.4 Å². The normalized spacial score (nSPS) is 12.3. The van der Waals surface area contributed by atoms with Crippen molar-refractivity contribution in [2.24, 2.45) is 0 Å². The molecule has 1 rings (SSSR count). The lowest BCUT2D eigenvalue weighted by atomic mass is 10.1. The number of ether oxygens (including phenoxy) is 1. The number of benzene rings is 1. The van der Waals surface area contributed by atoms with Gasteiger partial charge in [0.25, 0.3) is 0 Å². The highest BCUT2D eigenvalue weighted by Gasteiger charge is 2.36. The molecule has 0 radical (unpaired) electrons. The first kappa shape index (κ1) is 17.9. The van der Waals surface area contributed by atoms with Crippen molar-refractivity contribution in [3.8, 4) is 0 Å². The monoisotopic (exact) mass is 308 g/mol. The van der Waals surface area contributed by atoms with Gasteiger partial charge < -0.3 is 9.16 Å². The molecule has 118 valence electrons. The predicted molar refractivity (Wildman–Crippen MR) is 88.8 cm³/mol. The molecule has 3 nitrogen and oxygen atoms in total. The highest BCUT2D eigenvalue weighted by Crippen LogP contribution is 2.37. The molecule has 0 aliphatic carbocycles. The summed E-state index contributed by atoms with van der Waals surface area (Å²) in [5.41, 5.74) is 2.32. The second-order valence-electron chi connectivity index (χ2n) is 6.95. The van der Waals surface area contributed by atoms with Crippen LogP contribution >= 0.6 is 0 Å². The van der Waals surface area contributed by atoms with Gasteiger partial charge in [0.15, 0.2) is 8.32 Å². The Labute approximate surface area is 129 Å². The summed E-state index contributed by atoms with van der Waals surface area (Å²) < 4.78 is 10.9. The van der Waals surface area contributed by atoms with Crippen molar-refractivity contribution in [1.82, 2.24) is 0 Å². The first-order valence-electron chi connectivity index (χ1n) is 7.44. The maximum absolute atomic E-state index is 11.2. The predicted octanol–water partition coefficient (Wildman–Crippen LogP) is 4.31. The number of methoxy groups -OCH3 is 1. The molecule has 0 N–H and O–H groups in total. The third-order valence-electron chi connectivity index (χ3n) is 4.24. The molecule has 0 bridgehead atoms. The Morgan fingerprint density at radius 1 is 1.19 bits per heavy atom.